The lowest BCUT2D eigenvalue weighted by atomic mass is 10.1. The zero-order valence-electron chi connectivity index (χ0n) is 21.4. The number of carbonyl (C=O) groups excluding carboxylic acids is 1. The predicted molar refractivity (Wildman–Crippen MR) is 142 cm³/mol. The maximum absolute atomic E-state index is 13.1. The molecule has 1 aliphatic rings. The molecule has 2 amide bonds. The Morgan fingerprint density at radius 1 is 1.00 bits per heavy atom. The zero-order valence-corrected chi connectivity index (χ0v) is 21.4. The van der Waals surface area contributed by atoms with Gasteiger partial charge in [-0.2, -0.15) is 0 Å². The van der Waals surface area contributed by atoms with E-state index in [9.17, 15) is 4.79 Å². The van der Waals surface area contributed by atoms with E-state index in [-0.39, 0.29) is 18.1 Å². The van der Waals surface area contributed by atoms with Crippen molar-refractivity contribution < 1.29 is 19.0 Å². The van der Waals surface area contributed by atoms with Crippen molar-refractivity contribution >= 4 is 16.9 Å². The molecule has 8 heteroatoms. The number of benzene rings is 2. The number of fused-ring (bicyclic) bond motifs is 1. The van der Waals surface area contributed by atoms with Crippen LogP contribution < -0.4 is 14.2 Å². The molecule has 0 radical (unpaired) electrons. The molecule has 2 aromatic carbocycles. The molecule has 8 nitrogen and oxygen atoms in total. The van der Waals surface area contributed by atoms with Gasteiger partial charge in [-0.15, -0.1) is 0 Å². The van der Waals surface area contributed by atoms with Gasteiger partial charge < -0.3 is 24.0 Å². The molecule has 3 heterocycles. The monoisotopic (exact) mass is 498 g/mol. The molecule has 2 atom stereocenters. The van der Waals surface area contributed by atoms with Crippen molar-refractivity contribution in [3.8, 4) is 28.6 Å². The first-order valence-corrected chi connectivity index (χ1v) is 12.2. The van der Waals surface area contributed by atoms with Crippen LogP contribution >= 0.6 is 0 Å². The van der Waals surface area contributed by atoms with Gasteiger partial charge in [-0.25, -0.2) is 9.78 Å². The molecule has 0 saturated carbocycles. The van der Waals surface area contributed by atoms with Crippen LogP contribution in [0.15, 0.2) is 72.9 Å². The smallest absolute Gasteiger partial charge is 0.320 e. The molecule has 2 aromatic heterocycles. The van der Waals surface area contributed by atoms with Gasteiger partial charge in [0.05, 0.1) is 42.9 Å². The summed E-state index contributed by atoms with van der Waals surface area (Å²) in [4.78, 5) is 26.1. The molecular formula is C29H30N4O4. The zero-order chi connectivity index (χ0) is 25.9. The SMILES string of the molecule is COc1ccc(-c2cc3ncccc3c(OC[C@H]3CN([C@H](C)c4ccccc4)C(=O)N3C)n2)cc1OC. The average Bonchev–Trinajstić information content (AvgIpc) is 3.24. The lowest BCUT2D eigenvalue weighted by Crippen LogP contribution is -2.35. The van der Waals surface area contributed by atoms with E-state index >= 15 is 0 Å². The van der Waals surface area contributed by atoms with E-state index in [1.165, 1.54) is 0 Å². The number of ether oxygens (including phenoxy) is 3. The summed E-state index contributed by atoms with van der Waals surface area (Å²) < 4.78 is 17.1. The van der Waals surface area contributed by atoms with Gasteiger partial charge in [-0.1, -0.05) is 30.3 Å². The molecule has 0 bridgehead atoms. The predicted octanol–water partition coefficient (Wildman–Crippen LogP) is 5.19. The van der Waals surface area contributed by atoms with E-state index in [0.29, 0.717) is 36.2 Å². The number of urea groups is 1. The van der Waals surface area contributed by atoms with Crippen LogP contribution in [0.5, 0.6) is 17.4 Å². The Morgan fingerprint density at radius 2 is 1.78 bits per heavy atom. The number of hydrogen-bond donors (Lipinski definition) is 0. The maximum Gasteiger partial charge on any atom is 0.320 e. The molecule has 0 N–H and O–H groups in total. The van der Waals surface area contributed by atoms with E-state index in [4.69, 9.17) is 19.2 Å². The number of nitrogens with zero attached hydrogens (tertiary/aromatic N) is 4. The third-order valence-corrected chi connectivity index (χ3v) is 6.91. The van der Waals surface area contributed by atoms with Crippen LogP contribution in [0.3, 0.4) is 0 Å². The highest BCUT2D eigenvalue weighted by Gasteiger charge is 2.38. The second kappa shape index (κ2) is 10.3. The molecule has 190 valence electrons. The number of pyridine rings is 2. The molecule has 0 unspecified atom stereocenters. The summed E-state index contributed by atoms with van der Waals surface area (Å²) in [6.45, 7) is 2.93. The molecule has 5 rings (SSSR count). The van der Waals surface area contributed by atoms with Gasteiger partial charge >= 0.3 is 6.03 Å². The van der Waals surface area contributed by atoms with Crippen molar-refractivity contribution in [2.45, 2.75) is 19.0 Å². The fourth-order valence-corrected chi connectivity index (χ4v) is 4.66. The third kappa shape index (κ3) is 4.74. The number of aromatic nitrogens is 2. The van der Waals surface area contributed by atoms with Crippen molar-refractivity contribution in [3.05, 3.63) is 78.5 Å². The molecule has 0 aliphatic carbocycles. The molecule has 1 saturated heterocycles. The average molecular weight is 499 g/mol. The minimum atomic E-state index is -0.114. The van der Waals surface area contributed by atoms with E-state index in [0.717, 1.165) is 22.0 Å². The molecule has 37 heavy (non-hydrogen) atoms. The number of amides is 2. The Balaban J connectivity index is 1.40. The Morgan fingerprint density at radius 3 is 2.54 bits per heavy atom. The summed E-state index contributed by atoms with van der Waals surface area (Å²) in [6, 6.07) is 21.3. The van der Waals surface area contributed by atoms with Gasteiger partial charge in [-0.3, -0.25) is 4.98 Å². The van der Waals surface area contributed by atoms with Gasteiger partial charge in [-0.05, 0) is 48.9 Å². The second-order valence-electron chi connectivity index (χ2n) is 9.05. The summed E-state index contributed by atoms with van der Waals surface area (Å²) in [5.41, 5.74) is 3.43. The first kappa shape index (κ1) is 24.4. The lowest BCUT2D eigenvalue weighted by Gasteiger charge is -2.24. The minimum Gasteiger partial charge on any atom is -0.493 e. The van der Waals surface area contributed by atoms with Crippen molar-refractivity contribution in [2.24, 2.45) is 0 Å². The van der Waals surface area contributed by atoms with Crippen LogP contribution in [0, 0.1) is 0 Å². The van der Waals surface area contributed by atoms with Crippen LogP contribution in [0.25, 0.3) is 22.2 Å². The molecule has 1 fully saturated rings. The summed E-state index contributed by atoms with van der Waals surface area (Å²) in [7, 11) is 5.03. The van der Waals surface area contributed by atoms with Crippen LogP contribution in [0.2, 0.25) is 0 Å². The molecule has 1 aliphatic heterocycles. The highest BCUT2D eigenvalue weighted by Crippen LogP contribution is 2.34. The Kier molecular flexibility index (Phi) is 6.81. The highest BCUT2D eigenvalue weighted by molar-refractivity contribution is 5.87. The van der Waals surface area contributed by atoms with Gasteiger partial charge in [0.25, 0.3) is 0 Å². The van der Waals surface area contributed by atoms with Crippen molar-refractivity contribution in [2.75, 3.05) is 34.4 Å². The molecule has 4 aromatic rings. The van der Waals surface area contributed by atoms with Crippen molar-refractivity contribution in [1.82, 2.24) is 19.8 Å². The summed E-state index contributed by atoms with van der Waals surface area (Å²) in [5.74, 6) is 1.74. The van der Waals surface area contributed by atoms with Gasteiger partial charge in [0.2, 0.25) is 5.88 Å². The maximum atomic E-state index is 13.1. The quantitative estimate of drug-likeness (QED) is 0.333. The summed E-state index contributed by atoms with van der Waals surface area (Å²) in [6.07, 6.45) is 1.75. The topological polar surface area (TPSA) is 77.0 Å². The van der Waals surface area contributed by atoms with Crippen LogP contribution in [-0.4, -0.2) is 66.3 Å². The number of likely N-dealkylation sites (N-methyl/N-ethyl adjacent to an activating group) is 1. The van der Waals surface area contributed by atoms with Crippen LogP contribution in [0.4, 0.5) is 4.79 Å². The number of carbonyl (C=O) groups is 1. The number of rotatable bonds is 8. The fraction of sp³-hybridized carbons (Fsp3) is 0.276. The normalized spacial score (nSPS) is 16.2. The lowest BCUT2D eigenvalue weighted by molar-refractivity contribution is 0.179. The van der Waals surface area contributed by atoms with E-state index in [1.54, 1.807) is 25.3 Å². The Hall–Kier alpha value is -4.33. The molecule has 0 spiro atoms. The van der Waals surface area contributed by atoms with Gasteiger partial charge in [0.1, 0.15) is 6.61 Å². The summed E-state index contributed by atoms with van der Waals surface area (Å²) in [5, 5.41) is 0.813. The number of methoxy groups -OCH3 is 2. The van der Waals surface area contributed by atoms with Crippen LogP contribution in [-0.2, 0) is 0 Å². The van der Waals surface area contributed by atoms with Gasteiger partial charge in [0, 0.05) is 25.4 Å². The Bertz CT molecular complexity index is 1410. The third-order valence-electron chi connectivity index (χ3n) is 6.91. The highest BCUT2D eigenvalue weighted by atomic mass is 16.5. The van der Waals surface area contributed by atoms with Crippen molar-refractivity contribution in [1.29, 1.82) is 0 Å². The van der Waals surface area contributed by atoms with E-state index in [2.05, 4.69) is 11.9 Å². The van der Waals surface area contributed by atoms with Crippen molar-refractivity contribution in [3.63, 3.8) is 0 Å². The van der Waals surface area contributed by atoms with E-state index in [1.807, 2.05) is 78.7 Å². The number of hydrogen-bond acceptors (Lipinski definition) is 6. The van der Waals surface area contributed by atoms with Gasteiger partial charge in [0.15, 0.2) is 11.5 Å². The second-order valence-corrected chi connectivity index (χ2v) is 9.05. The first-order chi connectivity index (χ1) is 18.0. The van der Waals surface area contributed by atoms with E-state index < -0.39 is 0 Å². The summed E-state index contributed by atoms with van der Waals surface area (Å²) >= 11 is 0. The minimum absolute atomic E-state index is 0.0106. The standard InChI is InChI=1S/C29H30N4O4/c1-19(20-9-6-5-7-10-20)33-17-22(32(2)29(33)34)18-37-28-23-11-8-14-30-25(23)16-24(31-28)21-12-13-26(35-3)27(15-21)36-4/h5-16,19,22H,17-18H2,1-4H3/t19-,22-/m1/s1. The molecular weight excluding hydrogens is 468 g/mol. The Labute approximate surface area is 216 Å². The fourth-order valence-electron chi connectivity index (χ4n) is 4.66. The first-order valence-electron chi connectivity index (χ1n) is 12.2. The van der Waals surface area contributed by atoms with Crippen LogP contribution in [0.1, 0.15) is 18.5 Å². The largest absolute Gasteiger partial charge is 0.493 e.